The first kappa shape index (κ1) is 15.5. The summed E-state index contributed by atoms with van der Waals surface area (Å²) in [5.41, 5.74) is 7.22. The molecule has 0 aliphatic rings. The number of thioether (sulfide) groups is 1. The van der Waals surface area contributed by atoms with Crippen molar-refractivity contribution in [1.29, 1.82) is 0 Å². The lowest BCUT2D eigenvalue weighted by Crippen LogP contribution is -2.35. The first-order valence-electron chi connectivity index (χ1n) is 6.66. The van der Waals surface area contributed by atoms with Crippen molar-refractivity contribution < 1.29 is 5.11 Å². The van der Waals surface area contributed by atoms with Crippen LogP contribution in [0.25, 0.3) is 0 Å². The van der Waals surface area contributed by atoms with Crippen molar-refractivity contribution in [2.45, 2.75) is 56.1 Å². The quantitative estimate of drug-likeness (QED) is 0.744. The monoisotopic (exact) mass is 267 g/mol. The first-order valence-corrected chi connectivity index (χ1v) is 7.88. The van der Waals surface area contributed by atoms with Gasteiger partial charge in [-0.2, -0.15) is 0 Å². The maximum absolute atomic E-state index is 10.1. The second-order valence-electron chi connectivity index (χ2n) is 4.93. The molecule has 0 saturated carbocycles. The summed E-state index contributed by atoms with van der Waals surface area (Å²) in [5.74, 6) is 0.346. The summed E-state index contributed by atoms with van der Waals surface area (Å²) >= 11 is 1.75. The van der Waals surface area contributed by atoms with Gasteiger partial charge >= 0.3 is 0 Å². The van der Waals surface area contributed by atoms with Crippen LogP contribution in [0.15, 0.2) is 29.2 Å². The molecule has 0 spiro atoms. The third-order valence-corrected chi connectivity index (χ3v) is 4.14. The topological polar surface area (TPSA) is 46.2 Å². The molecule has 0 aliphatic heterocycles. The Kier molecular flexibility index (Phi) is 6.76. The van der Waals surface area contributed by atoms with Crippen LogP contribution in [0.1, 0.15) is 44.6 Å². The van der Waals surface area contributed by atoms with Crippen molar-refractivity contribution in [2.75, 3.05) is 6.26 Å². The van der Waals surface area contributed by atoms with Crippen molar-refractivity contribution in [2.24, 2.45) is 5.73 Å². The van der Waals surface area contributed by atoms with Crippen LogP contribution in [-0.2, 0) is 0 Å². The van der Waals surface area contributed by atoms with Crippen molar-refractivity contribution in [3.63, 3.8) is 0 Å². The Hall–Kier alpha value is -0.510. The van der Waals surface area contributed by atoms with Gasteiger partial charge in [0.25, 0.3) is 0 Å². The molecule has 102 valence electrons. The average molecular weight is 267 g/mol. The molecule has 1 aromatic rings. The first-order chi connectivity index (χ1) is 8.58. The zero-order valence-corrected chi connectivity index (χ0v) is 12.4. The van der Waals surface area contributed by atoms with E-state index in [1.807, 2.05) is 0 Å². The molecule has 0 amide bonds. The SMILES string of the molecule is CCCC(N)C(O)CC(C)c1ccc(SC)cc1. The van der Waals surface area contributed by atoms with Crippen molar-refractivity contribution in [3.05, 3.63) is 29.8 Å². The van der Waals surface area contributed by atoms with Gasteiger partial charge in [0.15, 0.2) is 0 Å². The van der Waals surface area contributed by atoms with Crippen LogP contribution in [0.4, 0.5) is 0 Å². The smallest absolute Gasteiger partial charge is 0.0696 e. The summed E-state index contributed by atoms with van der Waals surface area (Å²) in [6.45, 7) is 4.24. The van der Waals surface area contributed by atoms with Crippen molar-refractivity contribution in [3.8, 4) is 0 Å². The van der Waals surface area contributed by atoms with Crippen molar-refractivity contribution in [1.82, 2.24) is 0 Å². The highest BCUT2D eigenvalue weighted by Crippen LogP contribution is 2.24. The summed E-state index contributed by atoms with van der Waals surface area (Å²) in [7, 11) is 0. The predicted molar refractivity (Wildman–Crippen MR) is 80.1 cm³/mol. The van der Waals surface area contributed by atoms with Gasteiger partial charge in [-0.3, -0.25) is 0 Å². The highest BCUT2D eigenvalue weighted by atomic mass is 32.2. The predicted octanol–water partition coefficient (Wildman–Crippen LogP) is 3.39. The van der Waals surface area contributed by atoms with Gasteiger partial charge in [0.1, 0.15) is 0 Å². The lowest BCUT2D eigenvalue weighted by atomic mass is 9.91. The van der Waals surface area contributed by atoms with Gasteiger partial charge in [-0.25, -0.2) is 0 Å². The Labute approximate surface area is 115 Å². The maximum atomic E-state index is 10.1. The summed E-state index contributed by atoms with van der Waals surface area (Å²) in [6, 6.07) is 8.47. The van der Waals surface area contributed by atoms with E-state index in [1.54, 1.807) is 11.8 Å². The van der Waals surface area contributed by atoms with Crippen molar-refractivity contribution >= 4 is 11.8 Å². The van der Waals surface area contributed by atoms with Gasteiger partial charge in [-0.05, 0) is 42.7 Å². The van der Waals surface area contributed by atoms with E-state index in [2.05, 4.69) is 44.4 Å². The van der Waals surface area contributed by atoms with Crippen LogP contribution in [-0.4, -0.2) is 23.5 Å². The molecule has 3 heteroatoms. The summed E-state index contributed by atoms with van der Waals surface area (Å²) in [4.78, 5) is 1.27. The zero-order chi connectivity index (χ0) is 13.5. The molecule has 0 aromatic heterocycles. The lowest BCUT2D eigenvalue weighted by molar-refractivity contribution is 0.124. The normalized spacial score (nSPS) is 16.3. The molecular formula is C15H25NOS. The number of rotatable bonds is 7. The fourth-order valence-corrected chi connectivity index (χ4v) is 2.54. The zero-order valence-electron chi connectivity index (χ0n) is 11.6. The fraction of sp³-hybridized carbons (Fsp3) is 0.600. The Balaban J connectivity index is 2.55. The van der Waals surface area contributed by atoms with Gasteiger partial charge in [0.05, 0.1) is 6.10 Å². The summed E-state index contributed by atoms with van der Waals surface area (Å²) in [6.07, 6.45) is 4.32. The minimum Gasteiger partial charge on any atom is -0.391 e. The Morgan fingerprint density at radius 2 is 1.89 bits per heavy atom. The van der Waals surface area contributed by atoms with Crippen LogP contribution in [0.5, 0.6) is 0 Å². The molecular weight excluding hydrogens is 242 g/mol. The highest BCUT2D eigenvalue weighted by molar-refractivity contribution is 7.98. The molecule has 0 bridgehead atoms. The number of hydrogen-bond donors (Lipinski definition) is 2. The van der Waals surface area contributed by atoms with E-state index in [0.717, 1.165) is 19.3 Å². The van der Waals surface area contributed by atoms with Crippen LogP contribution in [0.3, 0.4) is 0 Å². The van der Waals surface area contributed by atoms with Crippen LogP contribution in [0.2, 0.25) is 0 Å². The molecule has 3 N–H and O–H groups in total. The van der Waals surface area contributed by atoms with Crippen LogP contribution < -0.4 is 5.73 Å². The second kappa shape index (κ2) is 7.82. The van der Waals surface area contributed by atoms with E-state index in [-0.39, 0.29) is 6.04 Å². The molecule has 0 fully saturated rings. The minimum atomic E-state index is -0.403. The van der Waals surface area contributed by atoms with E-state index in [4.69, 9.17) is 5.73 Å². The summed E-state index contributed by atoms with van der Waals surface area (Å²) < 4.78 is 0. The molecule has 0 radical (unpaired) electrons. The molecule has 0 heterocycles. The average Bonchev–Trinajstić information content (AvgIpc) is 2.39. The van der Waals surface area contributed by atoms with Gasteiger partial charge in [-0.1, -0.05) is 32.4 Å². The number of aliphatic hydroxyl groups is 1. The lowest BCUT2D eigenvalue weighted by Gasteiger charge is -2.22. The van der Waals surface area contributed by atoms with E-state index in [9.17, 15) is 5.11 Å². The van der Waals surface area contributed by atoms with Gasteiger partial charge in [0.2, 0.25) is 0 Å². The molecule has 18 heavy (non-hydrogen) atoms. The van der Waals surface area contributed by atoms with Crippen LogP contribution in [0, 0.1) is 0 Å². The van der Waals surface area contributed by atoms with Gasteiger partial charge in [0, 0.05) is 10.9 Å². The standard InChI is InChI=1S/C15H25NOS/c1-4-5-14(16)15(17)10-11(2)12-6-8-13(18-3)9-7-12/h6-9,11,14-15,17H,4-5,10,16H2,1-3H3. The van der Waals surface area contributed by atoms with E-state index < -0.39 is 6.10 Å². The molecule has 1 rings (SSSR count). The van der Waals surface area contributed by atoms with Gasteiger partial charge < -0.3 is 10.8 Å². The molecule has 0 aliphatic carbocycles. The van der Waals surface area contributed by atoms with E-state index >= 15 is 0 Å². The van der Waals surface area contributed by atoms with Crippen LogP contribution >= 0.6 is 11.8 Å². The molecule has 3 atom stereocenters. The van der Waals surface area contributed by atoms with E-state index in [1.165, 1.54) is 10.5 Å². The number of aliphatic hydroxyl groups excluding tert-OH is 1. The molecule has 2 nitrogen and oxygen atoms in total. The molecule has 0 saturated heterocycles. The Morgan fingerprint density at radius 1 is 1.28 bits per heavy atom. The highest BCUT2D eigenvalue weighted by Gasteiger charge is 2.17. The van der Waals surface area contributed by atoms with E-state index in [0.29, 0.717) is 5.92 Å². The van der Waals surface area contributed by atoms with Gasteiger partial charge in [-0.15, -0.1) is 11.8 Å². The fourth-order valence-electron chi connectivity index (χ4n) is 2.13. The summed E-state index contributed by atoms with van der Waals surface area (Å²) in [5, 5.41) is 10.1. The third-order valence-electron chi connectivity index (χ3n) is 3.40. The number of hydrogen-bond acceptors (Lipinski definition) is 3. The number of nitrogens with two attached hydrogens (primary N) is 1. The maximum Gasteiger partial charge on any atom is 0.0696 e. The molecule has 1 aromatic carbocycles. The Bertz CT molecular complexity index is 339. The minimum absolute atomic E-state index is 0.0945. The number of benzene rings is 1. The largest absolute Gasteiger partial charge is 0.391 e. The molecule has 3 unspecified atom stereocenters. The second-order valence-corrected chi connectivity index (χ2v) is 5.81. The third kappa shape index (κ3) is 4.63. The Morgan fingerprint density at radius 3 is 2.39 bits per heavy atom.